The number of ether oxygens (including phenoxy) is 1. The Morgan fingerprint density at radius 3 is 2.58 bits per heavy atom. The van der Waals surface area contributed by atoms with E-state index in [1.807, 2.05) is 31.2 Å². The lowest BCUT2D eigenvalue weighted by molar-refractivity contribution is 0.102. The number of anilines is 1. The van der Waals surface area contributed by atoms with Crippen LogP contribution in [-0.2, 0) is 6.61 Å². The van der Waals surface area contributed by atoms with Crippen LogP contribution in [0.25, 0.3) is 0 Å². The van der Waals surface area contributed by atoms with Crippen molar-refractivity contribution in [3.05, 3.63) is 83.8 Å². The van der Waals surface area contributed by atoms with Gasteiger partial charge in [0, 0.05) is 29.7 Å². The van der Waals surface area contributed by atoms with Crippen molar-refractivity contribution in [3.63, 3.8) is 0 Å². The third kappa shape index (κ3) is 3.95. The standard InChI is InChI=1S/C19H17N3O2/c1-14-4-2-11-21-18(14)22-19(23)16-6-8-17(9-7-16)24-13-15-5-3-10-20-12-15/h2-12H,13H2,1H3,(H,21,22,23). The van der Waals surface area contributed by atoms with E-state index >= 15 is 0 Å². The second kappa shape index (κ2) is 7.37. The number of hydrogen-bond donors (Lipinski definition) is 1. The highest BCUT2D eigenvalue weighted by molar-refractivity contribution is 6.04. The van der Waals surface area contributed by atoms with Crippen LogP contribution in [0, 0.1) is 6.92 Å². The van der Waals surface area contributed by atoms with Gasteiger partial charge in [-0.2, -0.15) is 0 Å². The highest BCUT2D eigenvalue weighted by Gasteiger charge is 2.08. The van der Waals surface area contributed by atoms with E-state index in [0.717, 1.165) is 11.1 Å². The minimum atomic E-state index is -0.199. The summed E-state index contributed by atoms with van der Waals surface area (Å²) in [4.78, 5) is 20.5. The largest absolute Gasteiger partial charge is 0.489 e. The Morgan fingerprint density at radius 1 is 1.08 bits per heavy atom. The van der Waals surface area contributed by atoms with Crippen LogP contribution in [0.5, 0.6) is 5.75 Å². The van der Waals surface area contributed by atoms with Crippen molar-refractivity contribution >= 4 is 11.7 Å². The Morgan fingerprint density at radius 2 is 1.88 bits per heavy atom. The Balaban J connectivity index is 1.61. The number of nitrogens with one attached hydrogen (secondary N) is 1. The summed E-state index contributed by atoms with van der Waals surface area (Å²) < 4.78 is 5.68. The van der Waals surface area contributed by atoms with Gasteiger partial charge in [0.25, 0.3) is 5.91 Å². The zero-order chi connectivity index (χ0) is 16.8. The molecule has 1 aromatic carbocycles. The van der Waals surface area contributed by atoms with Gasteiger partial charge in [0.15, 0.2) is 0 Å². The van der Waals surface area contributed by atoms with Crippen LogP contribution in [0.15, 0.2) is 67.1 Å². The van der Waals surface area contributed by atoms with Gasteiger partial charge < -0.3 is 10.1 Å². The molecule has 2 heterocycles. The minimum Gasteiger partial charge on any atom is -0.489 e. The van der Waals surface area contributed by atoms with E-state index in [4.69, 9.17) is 4.74 Å². The first-order valence-corrected chi connectivity index (χ1v) is 7.57. The maximum atomic E-state index is 12.3. The molecule has 0 atom stereocenters. The van der Waals surface area contributed by atoms with Crippen LogP contribution in [0.2, 0.25) is 0 Å². The average Bonchev–Trinajstić information content (AvgIpc) is 2.63. The second-order valence-electron chi connectivity index (χ2n) is 5.30. The number of pyridine rings is 2. The molecule has 0 fully saturated rings. The Hall–Kier alpha value is -3.21. The lowest BCUT2D eigenvalue weighted by Gasteiger charge is -2.08. The van der Waals surface area contributed by atoms with Crippen molar-refractivity contribution in [2.75, 3.05) is 5.32 Å². The van der Waals surface area contributed by atoms with Gasteiger partial charge in [-0.05, 0) is 48.9 Å². The van der Waals surface area contributed by atoms with Crippen LogP contribution in [0.3, 0.4) is 0 Å². The Labute approximate surface area is 140 Å². The summed E-state index contributed by atoms with van der Waals surface area (Å²) in [5.41, 5.74) is 2.46. The summed E-state index contributed by atoms with van der Waals surface area (Å²) in [6, 6.07) is 14.6. The number of carbonyl (C=O) groups is 1. The predicted molar refractivity (Wildman–Crippen MR) is 91.9 cm³/mol. The highest BCUT2D eigenvalue weighted by Crippen LogP contribution is 2.16. The van der Waals surface area contributed by atoms with Crippen LogP contribution in [0.1, 0.15) is 21.5 Å². The molecule has 5 nitrogen and oxygen atoms in total. The van der Waals surface area contributed by atoms with E-state index < -0.39 is 0 Å². The summed E-state index contributed by atoms with van der Waals surface area (Å²) in [6.07, 6.45) is 5.13. The van der Waals surface area contributed by atoms with Crippen LogP contribution in [0.4, 0.5) is 5.82 Å². The van der Waals surface area contributed by atoms with E-state index in [9.17, 15) is 4.79 Å². The first kappa shape index (κ1) is 15.7. The number of carbonyl (C=O) groups excluding carboxylic acids is 1. The summed E-state index contributed by atoms with van der Waals surface area (Å²) >= 11 is 0. The molecule has 0 aliphatic rings. The molecule has 0 spiro atoms. The number of nitrogens with zero attached hydrogens (tertiary/aromatic N) is 2. The number of amides is 1. The molecule has 1 N–H and O–H groups in total. The number of hydrogen-bond acceptors (Lipinski definition) is 4. The summed E-state index contributed by atoms with van der Waals surface area (Å²) in [7, 11) is 0. The van der Waals surface area contributed by atoms with E-state index in [0.29, 0.717) is 23.7 Å². The van der Waals surface area contributed by atoms with Crippen LogP contribution >= 0.6 is 0 Å². The van der Waals surface area contributed by atoms with Gasteiger partial charge in [-0.3, -0.25) is 9.78 Å². The highest BCUT2D eigenvalue weighted by atomic mass is 16.5. The molecule has 120 valence electrons. The molecule has 5 heteroatoms. The number of aryl methyl sites for hydroxylation is 1. The first-order valence-electron chi connectivity index (χ1n) is 7.57. The number of rotatable bonds is 5. The average molecular weight is 319 g/mol. The van der Waals surface area contributed by atoms with E-state index in [2.05, 4.69) is 15.3 Å². The molecule has 24 heavy (non-hydrogen) atoms. The first-order chi connectivity index (χ1) is 11.7. The van der Waals surface area contributed by atoms with Gasteiger partial charge >= 0.3 is 0 Å². The maximum absolute atomic E-state index is 12.3. The van der Waals surface area contributed by atoms with Crippen molar-refractivity contribution in [2.24, 2.45) is 0 Å². The lowest BCUT2D eigenvalue weighted by Crippen LogP contribution is -2.13. The zero-order valence-corrected chi connectivity index (χ0v) is 13.3. The van der Waals surface area contributed by atoms with Gasteiger partial charge in [0.2, 0.25) is 0 Å². The smallest absolute Gasteiger partial charge is 0.256 e. The normalized spacial score (nSPS) is 10.2. The van der Waals surface area contributed by atoms with Crippen molar-refractivity contribution in [2.45, 2.75) is 13.5 Å². The minimum absolute atomic E-state index is 0.199. The molecule has 1 amide bonds. The third-order valence-electron chi connectivity index (χ3n) is 3.49. The number of benzene rings is 1. The van der Waals surface area contributed by atoms with Crippen molar-refractivity contribution in [1.29, 1.82) is 0 Å². The fourth-order valence-electron chi connectivity index (χ4n) is 2.15. The Kier molecular flexibility index (Phi) is 4.81. The van der Waals surface area contributed by atoms with Gasteiger partial charge in [0.05, 0.1) is 0 Å². The molecular formula is C19H17N3O2. The fourth-order valence-corrected chi connectivity index (χ4v) is 2.15. The van der Waals surface area contributed by atoms with E-state index in [1.54, 1.807) is 42.9 Å². The van der Waals surface area contributed by atoms with Gasteiger partial charge in [-0.1, -0.05) is 12.1 Å². The van der Waals surface area contributed by atoms with Crippen molar-refractivity contribution in [1.82, 2.24) is 9.97 Å². The molecule has 3 aromatic rings. The van der Waals surface area contributed by atoms with E-state index in [-0.39, 0.29) is 5.91 Å². The molecule has 0 aliphatic carbocycles. The van der Waals surface area contributed by atoms with Crippen molar-refractivity contribution in [3.8, 4) is 5.75 Å². The molecule has 0 saturated heterocycles. The quantitative estimate of drug-likeness (QED) is 0.780. The van der Waals surface area contributed by atoms with Gasteiger partial charge in [-0.25, -0.2) is 4.98 Å². The molecule has 0 bridgehead atoms. The van der Waals surface area contributed by atoms with Gasteiger partial charge in [0.1, 0.15) is 18.2 Å². The molecular weight excluding hydrogens is 302 g/mol. The van der Waals surface area contributed by atoms with Crippen LogP contribution in [-0.4, -0.2) is 15.9 Å². The molecule has 0 aliphatic heterocycles. The Bertz CT molecular complexity index is 818. The molecule has 0 unspecified atom stereocenters. The topological polar surface area (TPSA) is 64.1 Å². The molecule has 2 aromatic heterocycles. The molecule has 3 rings (SSSR count). The SMILES string of the molecule is Cc1cccnc1NC(=O)c1ccc(OCc2cccnc2)cc1. The van der Waals surface area contributed by atoms with Crippen LogP contribution < -0.4 is 10.1 Å². The summed E-state index contributed by atoms with van der Waals surface area (Å²) in [5, 5.41) is 2.80. The summed E-state index contributed by atoms with van der Waals surface area (Å²) in [5.74, 6) is 1.07. The third-order valence-corrected chi connectivity index (χ3v) is 3.49. The maximum Gasteiger partial charge on any atom is 0.256 e. The number of aromatic nitrogens is 2. The summed E-state index contributed by atoms with van der Waals surface area (Å²) in [6.45, 7) is 2.34. The predicted octanol–water partition coefficient (Wildman–Crippen LogP) is 3.62. The molecule has 0 radical (unpaired) electrons. The second-order valence-corrected chi connectivity index (χ2v) is 5.30. The van der Waals surface area contributed by atoms with E-state index in [1.165, 1.54) is 0 Å². The zero-order valence-electron chi connectivity index (χ0n) is 13.3. The van der Waals surface area contributed by atoms with Gasteiger partial charge in [-0.15, -0.1) is 0 Å². The molecule has 0 saturated carbocycles. The lowest BCUT2D eigenvalue weighted by atomic mass is 10.2. The fraction of sp³-hybridized carbons (Fsp3) is 0.105. The van der Waals surface area contributed by atoms with Crippen molar-refractivity contribution < 1.29 is 9.53 Å². The monoisotopic (exact) mass is 319 g/mol.